The van der Waals surface area contributed by atoms with Crippen LogP contribution in [-0.4, -0.2) is 18.1 Å². The summed E-state index contributed by atoms with van der Waals surface area (Å²) in [7, 11) is 0. The van der Waals surface area contributed by atoms with Crippen LogP contribution in [0.1, 0.15) is 31.9 Å². The fraction of sp³-hybridized carbons (Fsp3) is 0.538. The Bertz CT molecular complexity index is 359. The summed E-state index contributed by atoms with van der Waals surface area (Å²) in [6.45, 7) is 5.31. The lowest BCUT2D eigenvalue weighted by atomic mass is 10.1. The summed E-state index contributed by atoms with van der Waals surface area (Å²) >= 11 is 5.28. The quantitative estimate of drug-likeness (QED) is 0.835. The molecule has 0 aromatic heterocycles. The molecule has 0 saturated heterocycles. The molecule has 1 aromatic rings. The molecule has 0 heterocycles. The lowest BCUT2D eigenvalue weighted by Gasteiger charge is -2.17. The van der Waals surface area contributed by atoms with Crippen LogP contribution in [0.4, 0.5) is 4.39 Å². The minimum absolute atomic E-state index is 0.205. The number of halogens is 2. The molecule has 2 atom stereocenters. The predicted molar refractivity (Wildman–Crippen MR) is 78.1 cm³/mol. The molecule has 2 unspecified atom stereocenters. The maximum absolute atomic E-state index is 13.0. The van der Waals surface area contributed by atoms with Gasteiger partial charge < -0.3 is 5.32 Å². The number of nitrogens with one attached hydrogen (secondary N) is 1. The van der Waals surface area contributed by atoms with E-state index in [-0.39, 0.29) is 11.9 Å². The Balaban J connectivity index is 2.49. The molecule has 1 aromatic carbocycles. The fourth-order valence-corrected chi connectivity index (χ4v) is 2.63. The number of hydrogen-bond acceptors (Lipinski definition) is 2. The van der Waals surface area contributed by atoms with Crippen molar-refractivity contribution < 1.29 is 4.39 Å². The molecule has 0 amide bonds. The number of rotatable bonds is 6. The zero-order valence-corrected chi connectivity index (χ0v) is 12.9. The predicted octanol–water partition coefficient (Wildman–Crippen LogP) is 4.38. The monoisotopic (exact) mass is 319 g/mol. The van der Waals surface area contributed by atoms with Crippen LogP contribution in [0, 0.1) is 5.82 Å². The minimum Gasteiger partial charge on any atom is -0.310 e. The van der Waals surface area contributed by atoms with Crippen molar-refractivity contribution >= 4 is 27.7 Å². The first kappa shape index (κ1) is 15.0. The molecule has 96 valence electrons. The van der Waals surface area contributed by atoms with Gasteiger partial charge in [0.2, 0.25) is 0 Å². The van der Waals surface area contributed by atoms with Gasteiger partial charge in [0.1, 0.15) is 5.82 Å². The van der Waals surface area contributed by atoms with Crippen LogP contribution < -0.4 is 5.32 Å². The third kappa shape index (κ3) is 4.98. The van der Waals surface area contributed by atoms with Crippen LogP contribution in [0.3, 0.4) is 0 Å². The summed E-state index contributed by atoms with van der Waals surface area (Å²) in [6, 6.07) is 5.08. The van der Waals surface area contributed by atoms with Crippen molar-refractivity contribution in [3.05, 3.63) is 34.1 Å². The van der Waals surface area contributed by atoms with Crippen molar-refractivity contribution in [2.45, 2.75) is 31.6 Å². The summed E-state index contributed by atoms with van der Waals surface area (Å²) in [6.07, 6.45) is 3.27. The molecule has 4 heteroatoms. The molecule has 1 nitrogen and oxygen atoms in total. The van der Waals surface area contributed by atoms with Crippen LogP contribution in [-0.2, 0) is 0 Å². The van der Waals surface area contributed by atoms with E-state index in [1.807, 2.05) is 17.8 Å². The van der Waals surface area contributed by atoms with E-state index in [0.29, 0.717) is 5.25 Å². The molecular weight excluding hydrogens is 301 g/mol. The van der Waals surface area contributed by atoms with Gasteiger partial charge in [0.05, 0.1) is 0 Å². The van der Waals surface area contributed by atoms with Gasteiger partial charge in [-0.25, -0.2) is 4.39 Å². The topological polar surface area (TPSA) is 12.0 Å². The number of hydrogen-bond donors (Lipinski definition) is 1. The molecule has 0 aliphatic carbocycles. The van der Waals surface area contributed by atoms with E-state index >= 15 is 0 Å². The van der Waals surface area contributed by atoms with Crippen LogP contribution in [0.25, 0.3) is 0 Å². The highest BCUT2D eigenvalue weighted by Crippen LogP contribution is 2.24. The smallest absolute Gasteiger partial charge is 0.124 e. The second-order valence-corrected chi connectivity index (χ2v) is 6.31. The Morgan fingerprint density at radius 3 is 2.71 bits per heavy atom. The van der Waals surface area contributed by atoms with Gasteiger partial charge in [-0.2, -0.15) is 11.8 Å². The minimum atomic E-state index is -0.205. The highest BCUT2D eigenvalue weighted by atomic mass is 79.9. The van der Waals surface area contributed by atoms with Crippen molar-refractivity contribution in [3.63, 3.8) is 0 Å². The van der Waals surface area contributed by atoms with E-state index in [1.165, 1.54) is 12.1 Å². The molecule has 1 N–H and O–H groups in total. The van der Waals surface area contributed by atoms with Crippen molar-refractivity contribution in [1.29, 1.82) is 0 Å². The molecule has 0 aliphatic rings. The molecule has 1 rings (SSSR count). The average Bonchev–Trinajstić information content (AvgIpc) is 2.28. The molecule has 17 heavy (non-hydrogen) atoms. The van der Waals surface area contributed by atoms with Crippen molar-refractivity contribution in [1.82, 2.24) is 5.32 Å². The number of thioether (sulfide) groups is 1. The lowest BCUT2D eigenvalue weighted by molar-refractivity contribution is 0.554. The van der Waals surface area contributed by atoms with Crippen molar-refractivity contribution in [3.8, 4) is 0 Å². The SMILES string of the molecule is CSC(C)CCNC(C)c1ccc(F)cc1Br. The van der Waals surface area contributed by atoms with Crippen molar-refractivity contribution in [2.75, 3.05) is 12.8 Å². The lowest BCUT2D eigenvalue weighted by Crippen LogP contribution is -2.22. The van der Waals surface area contributed by atoms with Crippen LogP contribution >= 0.6 is 27.7 Å². The zero-order valence-electron chi connectivity index (χ0n) is 10.5. The summed E-state index contributed by atoms with van der Waals surface area (Å²) in [5, 5.41) is 4.13. The van der Waals surface area contributed by atoms with Gasteiger partial charge in [0.15, 0.2) is 0 Å². The van der Waals surface area contributed by atoms with Gasteiger partial charge in [0, 0.05) is 15.8 Å². The van der Waals surface area contributed by atoms with E-state index in [0.717, 1.165) is 23.0 Å². The van der Waals surface area contributed by atoms with Crippen molar-refractivity contribution in [2.24, 2.45) is 0 Å². The van der Waals surface area contributed by atoms with Gasteiger partial charge in [-0.1, -0.05) is 28.9 Å². The van der Waals surface area contributed by atoms with E-state index in [4.69, 9.17) is 0 Å². The summed E-state index contributed by atoms with van der Waals surface area (Å²) in [5.74, 6) is -0.205. The van der Waals surface area contributed by atoms with E-state index in [9.17, 15) is 4.39 Å². The normalized spacial score (nSPS) is 14.6. The average molecular weight is 320 g/mol. The summed E-state index contributed by atoms with van der Waals surface area (Å²) in [4.78, 5) is 0. The highest BCUT2D eigenvalue weighted by molar-refractivity contribution is 9.10. The van der Waals surface area contributed by atoms with Crippen LogP contribution in [0.15, 0.2) is 22.7 Å². The summed E-state index contributed by atoms with van der Waals surface area (Å²) < 4.78 is 13.8. The second-order valence-electron chi connectivity index (χ2n) is 4.18. The van der Waals surface area contributed by atoms with Gasteiger partial charge in [-0.05, 0) is 43.8 Å². The standard InChI is InChI=1S/C13H19BrFNS/c1-9(17-3)6-7-16-10(2)12-5-4-11(15)8-13(12)14/h4-5,8-10,16H,6-7H2,1-3H3. The summed E-state index contributed by atoms with van der Waals surface area (Å²) in [5.41, 5.74) is 1.10. The Kier molecular flexibility index (Phi) is 6.52. The molecule has 0 aliphatic heterocycles. The van der Waals surface area contributed by atoms with Gasteiger partial charge >= 0.3 is 0 Å². The molecule has 0 saturated carbocycles. The Labute approximate surface area is 116 Å². The highest BCUT2D eigenvalue weighted by Gasteiger charge is 2.09. The van der Waals surface area contributed by atoms with Crippen LogP contribution in [0.2, 0.25) is 0 Å². The first-order chi connectivity index (χ1) is 8.04. The Morgan fingerprint density at radius 1 is 1.41 bits per heavy atom. The third-order valence-corrected chi connectivity index (χ3v) is 4.56. The Morgan fingerprint density at radius 2 is 2.12 bits per heavy atom. The maximum Gasteiger partial charge on any atom is 0.124 e. The molecule has 0 fully saturated rings. The molecular formula is C13H19BrFNS. The number of benzene rings is 1. The fourth-order valence-electron chi connectivity index (χ4n) is 1.58. The largest absolute Gasteiger partial charge is 0.310 e. The first-order valence-electron chi connectivity index (χ1n) is 5.75. The first-order valence-corrected chi connectivity index (χ1v) is 7.83. The van der Waals surface area contributed by atoms with Crippen LogP contribution in [0.5, 0.6) is 0 Å². The van der Waals surface area contributed by atoms with Gasteiger partial charge in [-0.15, -0.1) is 0 Å². The zero-order chi connectivity index (χ0) is 12.8. The van der Waals surface area contributed by atoms with Gasteiger partial charge in [-0.3, -0.25) is 0 Å². The van der Waals surface area contributed by atoms with E-state index < -0.39 is 0 Å². The third-order valence-electron chi connectivity index (χ3n) is 2.83. The van der Waals surface area contributed by atoms with Gasteiger partial charge in [0.25, 0.3) is 0 Å². The molecule has 0 bridgehead atoms. The second kappa shape index (κ2) is 7.39. The molecule has 0 radical (unpaired) electrons. The van der Waals surface area contributed by atoms with E-state index in [1.54, 1.807) is 0 Å². The maximum atomic E-state index is 13.0. The van der Waals surface area contributed by atoms with E-state index in [2.05, 4.69) is 41.3 Å². The molecule has 0 spiro atoms. The Hall–Kier alpha value is -0.0600.